The highest BCUT2D eigenvalue weighted by atomic mass is 16.4. The third-order valence-electron chi connectivity index (χ3n) is 1.63. The summed E-state index contributed by atoms with van der Waals surface area (Å²) < 4.78 is 0. The summed E-state index contributed by atoms with van der Waals surface area (Å²) >= 11 is 0. The molecular formula is C5H10BNO3. The number of rotatable bonds is 1. The normalized spacial score (nSPS) is 25.8. The average molecular weight is 143 g/mol. The summed E-state index contributed by atoms with van der Waals surface area (Å²) in [6.07, 6.45) is 1.90. The van der Waals surface area contributed by atoms with Crippen LogP contribution in [0.4, 0.5) is 0 Å². The van der Waals surface area contributed by atoms with Gasteiger partial charge in [-0.25, -0.2) is 0 Å². The highest BCUT2D eigenvalue weighted by Gasteiger charge is 2.27. The van der Waals surface area contributed by atoms with Crippen LogP contribution in [0, 0.1) is 0 Å². The number of nitrogens with one attached hydrogen (secondary N) is 1. The van der Waals surface area contributed by atoms with Crippen molar-refractivity contribution in [2.75, 3.05) is 0 Å². The standard InChI is InChI=1S/C5H10BNO3/c8-5-3-1-2-4(7-5)6(9)10/h4,9-10H,1-3H2,(H,7,8). The number of carbonyl (C=O) groups is 1. The first-order valence-corrected chi connectivity index (χ1v) is 3.35. The van der Waals surface area contributed by atoms with E-state index in [1.165, 1.54) is 0 Å². The molecule has 5 heteroatoms. The number of piperidine rings is 1. The molecule has 1 saturated heterocycles. The minimum atomic E-state index is -1.41. The summed E-state index contributed by atoms with van der Waals surface area (Å²) in [5.41, 5.74) is 0. The van der Waals surface area contributed by atoms with Crippen LogP contribution in [0.25, 0.3) is 0 Å². The van der Waals surface area contributed by atoms with Gasteiger partial charge in [0.2, 0.25) is 5.91 Å². The minimum absolute atomic E-state index is 0.0932. The van der Waals surface area contributed by atoms with Gasteiger partial charge < -0.3 is 15.4 Å². The highest BCUT2D eigenvalue weighted by Crippen LogP contribution is 2.08. The van der Waals surface area contributed by atoms with E-state index in [4.69, 9.17) is 10.0 Å². The second kappa shape index (κ2) is 3.03. The van der Waals surface area contributed by atoms with Gasteiger partial charge in [0.05, 0.1) is 5.94 Å². The van der Waals surface area contributed by atoms with Crippen molar-refractivity contribution in [2.45, 2.75) is 25.2 Å². The molecule has 0 aliphatic carbocycles. The van der Waals surface area contributed by atoms with Gasteiger partial charge in [-0.05, 0) is 12.8 Å². The Morgan fingerprint density at radius 1 is 1.60 bits per heavy atom. The van der Waals surface area contributed by atoms with Crippen molar-refractivity contribution in [2.24, 2.45) is 0 Å². The van der Waals surface area contributed by atoms with Gasteiger partial charge in [0.15, 0.2) is 0 Å². The van der Waals surface area contributed by atoms with Crippen LogP contribution in [0.5, 0.6) is 0 Å². The maximum absolute atomic E-state index is 10.6. The van der Waals surface area contributed by atoms with Crippen molar-refractivity contribution in [3.8, 4) is 0 Å². The predicted molar refractivity (Wildman–Crippen MR) is 36.0 cm³/mol. The number of hydrogen-bond donors (Lipinski definition) is 3. The van der Waals surface area contributed by atoms with Crippen LogP contribution >= 0.6 is 0 Å². The number of hydrogen-bond acceptors (Lipinski definition) is 3. The summed E-state index contributed by atoms with van der Waals surface area (Å²) in [7, 11) is -1.41. The van der Waals surface area contributed by atoms with Crippen molar-refractivity contribution in [3.63, 3.8) is 0 Å². The lowest BCUT2D eigenvalue weighted by molar-refractivity contribution is -0.122. The zero-order valence-electron chi connectivity index (χ0n) is 5.58. The van der Waals surface area contributed by atoms with Crippen LogP contribution in [-0.4, -0.2) is 29.0 Å². The molecule has 0 radical (unpaired) electrons. The van der Waals surface area contributed by atoms with Gasteiger partial charge in [-0.1, -0.05) is 0 Å². The summed E-state index contributed by atoms with van der Waals surface area (Å²) in [6, 6.07) is 0. The van der Waals surface area contributed by atoms with Gasteiger partial charge in [-0.2, -0.15) is 0 Å². The molecule has 0 aromatic carbocycles. The van der Waals surface area contributed by atoms with Crippen LogP contribution in [0.15, 0.2) is 0 Å². The summed E-state index contributed by atoms with van der Waals surface area (Å²) in [6.45, 7) is 0. The Morgan fingerprint density at radius 3 is 2.70 bits per heavy atom. The lowest BCUT2D eigenvalue weighted by atomic mass is 9.75. The Bertz CT molecular complexity index is 139. The van der Waals surface area contributed by atoms with Gasteiger partial charge in [0, 0.05) is 6.42 Å². The fourth-order valence-corrected chi connectivity index (χ4v) is 1.06. The first-order valence-electron chi connectivity index (χ1n) is 3.35. The average Bonchev–Trinajstić information content (AvgIpc) is 1.88. The van der Waals surface area contributed by atoms with Crippen molar-refractivity contribution in [1.82, 2.24) is 5.32 Å². The Balaban J connectivity index is 2.39. The van der Waals surface area contributed by atoms with E-state index in [-0.39, 0.29) is 5.91 Å². The molecular weight excluding hydrogens is 133 g/mol. The predicted octanol–water partition coefficient (Wildman–Crippen LogP) is -1.33. The molecule has 1 rings (SSSR count). The van der Waals surface area contributed by atoms with Crippen LogP contribution in [0.2, 0.25) is 0 Å². The number of amides is 1. The van der Waals surface area contributed by atoms with E-state index < -0.39 is 13.1 Å². The fraction of sp³-hybridized carbons (Fsp3) is 0.800. The van der Waals surface area contributed by atoms with Crippen molar-refractivity contribution < 1.29 is 14.8 Å². The molecule has 1 amide bonds. The molecule has 0 aromatic rings. The lowest BCUT2D eigenvalue weighted by Gasteiger charge is -2.21. The molecule has 1 atom stereocenters. The zero-order chi connectivity index (χ0) is 7.56. The lowest BCUT2D eigenvalue weighted by Crippen LogP contribution is -2.48. The molecule has 1 aliphatic heterocycles. The highest BCUT2D eigenvalue weighted by molar-refractivity contribution is 6.43. The summed E-state index contributed by atoms with van der Waals surface area (Å²) in [5.74, 6) is -0.550. The van der Waals surface area contributed by atoms with E-state index in [9.17, 15) is 4.79 Å². The van der Waals surface area contributed by atoms with Crippen LogP contribution in [0.3, 0.4) is 0 Å². The molecule has 3 N–H and O–H groups in total. The third-order valence-corrected chi connectivity index (χ3v) is 1.63. The molecule has 0 aromatic heterocycles. The van der Waals surface area contributed by atoms with E-state index in [1.54, 1.807) is 0 Å². The monoisotopic (exact) mass is 143 g/mol. The van der Waals surface area contributed by atoms with Crippen molar-refractivity contribution in [1.29, 1.82) is 0 Å². The molecule has 0 spiro atoms. The second-order valence-electron chi connectivity index (χ2n) is 2.48. The largest absolute Gasteiger partial charge is 0.475 e. The van der Waals surface area contributed by atoms with Crippen LogP contribution in [-0.2, 0) is 4.79 Å². The minimum Gasteiger partial charge on any atom is -0.426 e. The molecule has 0 bridgehead atoms. The van der Waals surface area contributed by atoms with Gasteiger partial charge in [-0.15, -0.1) is 0 Å². The van der Waals surface area contributed by atoms with Crippen LogP contribution < -0.4 is 5.32 Å². The Labute approximate surface area is 59.4 Å². The molecule has 1 heterocycles. The Morgan fingerprint density at radius 2 is 2.30 bits per heavy atom. The molecule has 10 heavy (non-hydrogen) atoms. The molecule has 4 nitrogen and oxygen atoms in total. The van der Waals surface area contributed by atoms with Crippen molar-refractivity contribution in [3.05, 3.63) is 0 Å². The summed E-state index contributed by atoms with van der Waals surface area (Å²) in [4.78, 5) is 10.6. The smallest absolute Gasteiger partial charge is 0.426 e. The Kier molecular flexibility index (Phi) is 2.29. The maximum atomic E-state index is 10.6. The van der Waals surface area contributed by atoms with E-state index >= 15 is 0 Å². The third kappa shape index (κ3) is 1.72. The van der Waals surface area contributed by atoms with E-state index in [0.717, 1.165) is 6.42 Å². The quantitative estimate of drug-likeness (QED) is 0.398. The molecule has 56 valence electrons. The Hall–Kier alpha value is -0.545. The van der Waals surface area contributed by atoms with E-state index in [0.29, 0.717) is 12.8 Å². The molecule has 1 unspecified atom stereocenters. The fourth-order valence-electron chi connectivity index (χ4n) is 1.06. The first kappa shape index (κ1) is 7.56. The molecule has 1 aliphatic rings. The second-order valence-corrected chi connectivity index (χ2v) is 2.48. The van der Waals surface area contributed by atoms with Gasteiger partial charge >= 0.3 is 7.12 Å². The molecule has 0 saturated carbocycles. The van der Waals surface area contributed by atoms with Gasteiger partial charge in [0.25, 0.3) is 0 Å². The van der Waals surface area contributed by atoms with E-state index in [2.05, 4.69) is 5.32 Å². The van der Waals surface area contributed by atoms with Crippen molar-refractivity contribution >= 4 is 13.0 Å². The SMILES string of the molecule is O=C1CCCC(B(O)O)N1. The van der Waals surface area contributed by atoms with Crippen LogP contribution in [0.1, 0.15) is 19.3 Å². The summed E-state index contributed by atoms with van der Waals surface area (Å²) in [5, 5.41) is 19.7. The van der Waals surface area contributed by atoms with Gasteiger partial charge in [-0.3, -0.25) is 4.79 Å². The maximum Gasteiger partial charge on any atom is 0.475 e. The first-order chi connectivity index (χ1) is 4.70. The van der Waals surface area contributed by atoms with Gasteiger partial charge in [0.1, 0.15) is 0 Å². The zero-order valence-corrected chi connectivity index (χ0v) is 5.58. The van der Waals surface area contributed by atoms with E-state index in [1.807, 2.05) is 0 Å². The number of carbonyl (C=O) groups excluding carboxylic acids is 1. The topological polar surface area (TPSA) is 69.6 Å². The molecule has 1 fully saturated rings.